The van der Waals surface area contributed by atoms with Crippen molar-refractivity contribution in [2.45, 2.75) is 26.2 Å². The highest BCUT2D eigenvalue weighted by Gasteiger charge is 2.28. The normalized spacial score (nSPS) is 16.0. The molecule has 8 nitrogen and oxygen atoms in total. The summed E-state index contributed by atoms with van der Waals surface area (Å²) in [5.41, 5.74) is 5.67. The average Bonchev–Trinajstić information content (AvgIpc) is 3.43. The van der Waals surface area contributed by atoms with E-state index in [9.17, 15) is 9.59 Å². The van der Waals surface area contributed by atoms with Gasteiger partial charge in [0.05, 0.1) is 12.8 Å². The quantitative estimate of drug-likeness (QED) is 0.413. The summed E-state index contributed by atoms with van der Waals surface area (Å²) in [6.45, 7) is 9.78. The fourth-order valence-electron chi connectivity index (χ4n) is 5.42. The Kier molecular flexibility index (Phi) is 8.16. The van der Waals surface area contributed by atoms with E-state index in [2.05, 4.69) is 25.5 Å². The first-order chi connectivity index (χ1) is 19.4. The summed E-state index contributed by atoms with van der Waals surface area (Å²) < 4.78 is 7.14. The summed E-state index contributed by atoms with van der Waals surface area (Å²) in [6.07, 6.45) is 6.00. The second-order valence-corrected chi connectivity index (χ2v) is 10.3. The predicted molar refractivity (Wildman–Crippen MR) is 158 cm³/mol. The van der Waals surface area contributed by atoms with Gasteiger partial charge >= 0.3 is 0 Å². The van der Waals surface area contributed by atoms with Crippen LogP contribution in [0.5, 0.6) is 5.75 Å². The molecule has 0 spiro atoms. The lowest BCUT2D eigenvalue weighted by Crippen LogP contribution is -2.47. The van der Waals surface area contributed by atoms with Gasteiger partial charge in [0, 0.05) is 55.2 Å². The van der Waals surface area contributed by atoms with Gasteiger partial charge in [-0.1, -0.05) is 19.6 Å². The number of benzene rings is 2. The van der Waals surface area contributed by atoms with Gasteiger partial charge in [0.1, 0.15) is 5.75 Å². The Morgan fingerprint density at radius 2 is 1.70 bits per heavy atom. The minimum Gasteiger partial charge on any atom is -0.497 e. The van der Waals surface area contributed by atoms with Crippen LogP contribution in [-0.2, 0) is 12.8 Å². The van der Waals surface area contributed by atoms with Gasteiger partial charge in [0.15, 0.2) is 5.69 Å². The number of carbonyl (C=O) groups is 2. The number of allylic oxidation sites excluding steroid dienone is 2. The number of hydrogen-bond acceptors (Lipinski definition) is 5. The van der Waals surface area contributed by atoms with Gasteiger partial charge in [0.2, 0.25) is 0 Å². The van der Waals surface area contributed by atoms with E-state index < -0.39 is 0 Å². The molecule has 5 rings (SSSR count). The maximum absolute atomic E-state index is 13.9. The lowest BCUT2D eigenvalue weighted by atomic mass is 9.98. The molecule has 1 fully saturated rings. The fraction of sp³-hybridized carbons (Fsp3) is 0.344. The van der Waals surface area contributed by atoms with Crippen molar-refractivity contribution in [2.24, 2.45) is 0 Å². The molecular formula is C32H37N5O3. The van der Waals surface area contributed by atoms with Gasteiger partial charge in [-0.05, 0) is 86.5 Å². The second kappa shape index (κ2) is 11.9. The van der Waals surface area contributed by atoms with Crippen LogP contribution in [0.1, 0.15) is 51.0 Å². The molecule has 1 saturated heterocycles. The minimum absolute atomic E-state index is 0.0609. The summed E-state index contributed by atoms with van der Waals surface area (Å²) in [5.74, 6) is 0.692. The number of hydrogen-bond donors (Lipinski definition) is 0. The van der Waals surface area contributed by atoms with Gasteiger partial charge in [0.25, 0.3) is 11.8 Å². The van der Waals surface area contributed by atoms with Gasteiger partial charge in [-0.3, -0.25) is 9.59 Å². The molecule has 2 aliphatic rings. The highest BCUT2D eigenvalue weighted by molar-refractivity contribution is 6.06. The summed E-state index contributed by atoms with van der Waals surface area (Å²) in [5, 5.41) is 4.79. The first kappa shape index (κ1) is 27.4. The summed E-state index contributed by atoms with van der Waals surface area (Å²) in [6, 6.07) is 15.4. The Hall–Kier alpha value is -4.17. The molecule has 0 atom stereocenters. The van der Waals surface area contributed by atoms with E-state index in [4.69, 9.17) is 9.84 Å². The van der Waals surface area contributed by atoms with Crippen LogP contribution in [0.15, 0.2) is 67.3 Å². The molecule has 0 radical (unpaired) electrons. The molecule has 1 aromatic heterocycles. The van der Waals surface area contributed by atoms with E-state index in [1.165, 1.54) is 0 Å². The number of aryl methyl sites for hydroxylation is 2. The monoisotopic (exact) mass is 539 g/mol. The Bertz CT molecular complexity index is 1430. The van der Waals surface area contributed by atoms with Gasteiger partial charge in [-0.15, -0.1) is 0 Å². The first-order valence-electron chi connectivity index (χ1n) is 13.9. The molecule has 2 aromatic carbocycles. The van der Waals surface area contributed by atoms with Crippen molar-refractivity contribution in [3.8, 4) is 5.75 Å². The number of methoxy groups -OCH3 is 1. The van der Waals surface area contributed by atoms with Crippen LogP contribution < -0.4 is 9.64 Å². The number of fused-ring (bicyclic) bond motifs is 1. The van der Waals surface area contributed by atoms with Crippen LogP contribution in [0.25, 0.3) is 5.70 Å². The van der Waals surface area contributed by atoms with E-state index in [1.807, 2.05) is 64.2 Å². The number of aromatic nitrogens is 2. The van der Waals surface area contributed by atoms with Gasteiger partial charge in [-0.25, -0.2) is 4.68 Å². The molecule has 0 bridgehead atoms. The summed E-state index contributed by atoms with van der Waals surface area (Å²) in [7, 11) is 3.72. The third-order valence-corrected chi connectivity index (χ3v) is 7.73. The van der Waals surface area contributed by atoms with Crippen LogP contribution in [0.2, 0.25) is 0 Å². The number of anilines is 1. The van der Waals surface area contributed by atoms with Crippen molar-refractivity contribution in [2.75, 3.05) is 51.8 Å². The number of piperazine rings is 1. The zero-order valence-electron chi connectivity index (χ0n) is 23.6. The molecule has 2 aliphatic heterocycles. The minimum atomic E-state index is -0.139. The maximum Gasteiger partial charge on any atom is 0.278 e. The van der Waals surface area contributed by atoms with Crippen molar-refractivity contribution in [1.82, 2.24) is 19.6 Å². The summed E-state index contributed by atoms with van der Waals surface area (Å²) >= 11 is 0. The number of amides is 2. The first-order valence-corrected chi connectivity index (χ1v) is 13.9. The Morgan fingerprint density at radius 1 is 0.975 bits per heavy atom. The topological polar surface area (TPSA) is 70.9 Å². The number of ether oxygens (including phenoxy) is 1. The number of likely N-dealkylation sites (N-methyl/N-ethyl adjacent to an activating group) is 1. The number of nitrogens with zero attached hydrogens (tertiary/aromatic N) is 5. The zero-order valence-corrected chi connectivity index (χ0v) is 23.6. The molecule has 0 N–H and O–H groups in total. The largest absolute Gasteiger partial charge is 0.497 e. The molecule has 0 aliphatic carbocycles. The smallest absolute Gasteiger partial charge is 0.278 e. The van der Waals surface area contributed by atoms with Gasteiger partial charge in [-0.2, -0.15) is 5.10 Å². The number of rotatable bonds is 7. The second-order valence-electron chi connectivity index (χ2n) is 10.3. The lowest BCUT2D eigenvalue weighted by molar-refractivity contribution is 0.0664. The SMILES string of the molecule is C=C/C=C(/c1ccc(OC)cc1)n1nc(C(=O)N2CCCc3cc(C(=O)N4CCN(C)CC4)ccc32)cc1CC. The van der Waals surface area contributed by atoms with E-state index in [0.29, 0.717) is 24.2 Å². The zero-order chi connectivity index (χ0) is 28.2. The highest BCUT2D eigenvalue weighted by atomic mass is 16.5. The fourth-order valence-corrected chi connectivity index (χ4v) is 5.42. The Balaban J connectivity index is 1.42. The third-order valence-electron chi connectivity index (χ3n) is 7.73. The molecule has 3 heterocycles. The molecule has 0 saturated carbocycles. The third kappa shape index (κ3) is 5.45. The predicted octanol–water partition coefficient (Wildman–Crippen LogP) is 4.51. The highest BCUT2D eigenvalue weighted by Crippen LogP contribution is 2.31. The van der Waals surface area contributed by atoms with E-state index in [-0.39, 0.29) is 11.8 Å². The van der Waals surface area contributed by atoms with Crippen LogP contribution in [-0.4, -0.2) is 78.3 Å². The number of carbonyl (C=O) groups excluding carboxylic acids is 2. The molecule has 208 valence electrons. The molecule has 8 heteroatoms. The summed E-state index contributed by atoms with van der Waals surface area (Å²) in [4.78, 5) is 33.0. The van der Waals surface area contributed by atoms with Crippen molar-refractivity contribution < 1.29 is 14.3 Å². The van der Waals surface area contributed by atoms with Crippen molar-refractivity contribution in [1.29, 1.82) is 0 Å². The van der Waals surface area contributed by atoms with E-state index >= 15 is 0 Å². The molecular weight excluding hydrogens is 502 g/mol. The van der Waals surface area contributed by atoms with E-state index in [1.54, 1.807) is 18.1 Å². The van der Waals surface area contributed by atoms with Gasteiger partial charge < -0.3 is 19.4 Å². The maximum atomic E-state index is 13.9. The Morgan fingerprint density at radius 3 is 2.38 bits per heavy atom. The van der Waals surface area contributed by atoms with Crippen LogP contribution in [0.3, 0.4) is 0 Å². The molecule has 2 amide bonds. The molecule has 3 aromatic rings. The van der Waals surface area contributed by atoms with Crippen LogP contribution >= 0.6 is 0 Å². The van der Waals surface area contributed by atoms with Crippen molar-refractivity contribution in [3.05, 3.63) is 95.3 Å². The van der Waals surface area contributed by atoms with Crippen LogP contribution in [0, 0.1) is 0 Å². The molecule has 0 unspecified atom stereocenters. The molecule has 40 heavy (non-hydrogen) atoms. The van der Waals surface area contributed by atoms with Crippen molar-refractivity contribution >= 4 is 23.2 Å². The average molecular weight is 540 g/mol. The lowest BCUT2D eigenvalue weighted by Gasteiger charge is -2.33. The van der Waals surface area contributed by atoms with E-state index in [0.717, 1.165) is 73.0 Å². The van der Waals surface area contributed by atoms with Crippen molar-refractivity contribution in [3.63, 3.8) is 0 Å². The standard InChI is InChI=1S/C32H37N5O3/c1-5-8-30(23-10-13-27(40-4)14-11-23)37-26(6-2)22-28(33-37)32(39)36-16-7-9-24-21-25(12-15-29(24)36)31(38)35-19-17-34(3)18-20-35/h5,8,10-15,21-22H,1,6-7,9,16-20H2,2-4H3/b30-8-. The Labute approximate surface area is 236 Å². The van der Waals surface area contributed by atoms with Crippen LogP contribution in [0.4, 0.5) is 5.69 Å².